The number of rotatable bonds is 6. The van der Waals surface area contributed by atoms with Crippen LogP contribution in [-0.2, 0) is 6.42 Å². The normalized spacial score (nSPS) is 17.4. The molecule has 2 N–H and O–H groups in total. The molecule has 0 aromatic heterocycles. The topological polar surface area (TPSA) is 58.1 Å². The third-order valence-corrected chi connectivity index (χ3v) is 5.27. The second-order valence-corrected chi connectivity index (χ2v) is 7.65. The lowest BCUT2D eigenvalue weighted by Crippen LogP contribution is -2.55. The van der Waals surface area contributed by atoms with E-state index in [1.54, 1.807) is 0 Å². The van der Waals surface area contributed by atoms with Crippen molar-refractivity contribution >= 4 is 29.9 Å². The van der Waals surface area contributed by atoms with Gasteiger partial charge in [0.05, 0.1) is 0 Å². The van der Waals surface area contributed by atoms with Crippen LogP contribution >= 0.6 is 24.0 Å². The van der Waals surface area contributed by atoms with Crippen molar-refractivity contribution in [1.82, 2.24) is 15.5 Å². The number of likely N-dealkylation sites (tertiary alicyclic amines) is 1. The Morgan fingerprint density at radius 3 is 2.59 bits per heavy atom. The molecular formula is C20H33IN4O2. The number of nitrogens with one attached hydrogen (secondary N) is 2. The smallest absolute Gasteiger partial charge is 0.231 e. The molecule has 1 fully saturated rings. The van der Waals surface area contributed by atoms with Crippen molar-refractivity contribution in [3.8, 4) is 11.5 Å². The second kappa shape index (κ2) is 10.4. The van der Waals surface area contributed by atoms with Gasteiger partial charge in [0.1, 0.15) is 0 Å². The van der Waals surface area contributed by atoms with Crippen LogP contribution in [0, 0.1) is 0 Å². The van der Waals surface area contributed by atoms with Gasteiger partial charge in [-0.15, -0.1) is 24.0 Å². The van der Waals surface area contributed by atoms with Crippen molar-refractivity contribution in [1.29, 1.82) is 0 Å². The summed E-state index contributed by atoms with van der Waals surface area (Å²) in [6.45, 7) is 9.05. The highest BCUT2D eigenvalue weighted by atomic mass is 127. The van der Waals surface area contributed by atoms with Crippen LogP contribution in [0.4, 0.5) is 0 Å². The van der Waals surface area contributed by atoms with Crippen LogP contribution in [-0.4, -0.2) is 56.4 Å². The van der Waals surface area contributed by atoms with Gasteiger partial charge in [0.2, 0.25) is 6.79 Å². The van der Waals surface area contributed by atoms with Gasteiger partial charge in [0.15, 0.2) is 17.5 Å². The van der Waals surface area contributed by atoms with Gasteiger partial charge in [0.25, 0.3) is 0 Å². The molecule has 0 aliphatic carbocycles. The van der Waals surface area contributed by atoms with Crippen molar-refractivity contribution in [2.24, 2.45) is 4.99 Å². The molecule has 0 atom stereocenters. The summed E-state index contributed by atoms with van der Waals surface area (Å²) in [4.78, 5) is 6.94. The van der Waals surface area contributed by atoms with Crippen LogP contribution in [0.5, 0.6) is 11.5 Å². The van der Waals surface area contributed by atoms with Gasteiger partial charge in [-0.25, -0.2) is 0 Å². The van der Waals surface area contributed by atoms with E-state index in [4.69, 9.17) is 9.47 Å². The number of hydrogen-bond donors (Lipinski definition) is 2. The van der Waals surface area contributed by atoms with Crippen LogP contribution in [0.1, 0.15) is 38.7 Å². The molecule has 0 radical (unpaired) electrons. The fourth-order valence-corrected chi connectivity index (χ4v) is 3.55. The van der Waals surface area contributed by atoms with Gasteiger partial charge in [-0.1, -0.05) is 12.5 Å². The molecule has 1 saturated heterocycles. The lowest BCUT2D eigenvalue weighted by Gasteiger charge is -2.41. The predicted molar refractivity (Wildman–Crippen MR) is 121 cm³/mol. The number of nitrogens with zero attached hydrogens (tertiary/aromatic N) is 2. The molecular weight excluding hydrogens is 455 g/mol. The van der Waals surface area contributed by atoms with Crippen molar-refractivity contribution in [3.05, 3.63) is 23.8 Å². The zero-order valence-corrected chi connectivity index (χ0v) is 19.0. The zero-order valence-electron chi connectivity index (χ0n) is 16.7. The number of guanidine groups is 1. The maximum atomic E-state index is 5.44. The Hall–Kier alpha value is -1.22. The van der Waals surface area contributed by atoms with Crippen LogP contribution < -0.4 is 20.1 Å². The van der Waals surface area contributed by atoms with E-state index in [1.807, 2.05) is 13.1 Å². The molecule has 0 spiro atoms. The van der Waals surface area contributed by atoms with Gasteiger partial charge < -0.3 is 20.1 Å². The van der Waals surface area contributed by atoms with Crippen molar-refractivity contribution in [3.63, 3.8) is 0 Å². The van der Waals surface area contributed by atoms with E-state index in [0.29, 0.717) is 6.79 Å². The first kappa shape index (κ1) is 22.1. The highest BCUT2D eigenvalue weighted by Crippen LogP contribution is 2.32. The standard InChI is InChI=1S/C20H32N4O2.HI/c1-20(2,24-11-5-4-6-12-24)14-23-19(21-3)22-10-9-16-7-8-17-18(13-16)26-15-25-17;/h7-8,13H,4-6,9-12,14-15H2,1-3H3,(H2,21,22,23);1H. The van der Waals surface area contributed by atoms with Crippen LogP contribution in [0.3, 0.4) is 0 Å². The summed E-state index contributed by atoms with van der Waals surface area (Å²) in [5, 5.41) is 6.90. The number of piperidine rings is 1. The Bertz CT molecular complexity index is 630. The first-order chi connectivity index (χ1) is 12.6. The molecule has 1 aromatic rings. The Morgan fingerprint density at radius 2 is 1.85 bits per heavy atom. The lowest BCUT2D eigenvalue weighted by molar-refractivity contribution is 0.0982. The molecule has 0 unspecified atom stereocenters. The molecule has 6 nitrogen and oxygen atoms in total. The van der Waals surface area contributed by atoms with E-state index < -0.39 is 0 Å². The molecule has 2 aliphatic heterocycles. The monoisotopic (exact) mass is 488 g/mol. The summed E-state index contributed by atoms with van der Waals surface area (Å²) < 4.78 is 10.8. The third kappa shape index (κ3) is 6.14. The Balaban J connectivity index is 0.00000261. The first-order valence-electron chi connectivity index (χ1n) is 9.66. The minimum Gasteiger partial charge on any atom is -0.454 e. The molecule has 2 aliphatic rings. The number of fused-ring (bicyclic) bond motifs is 1. The van der Waals surface area contributed by atoms with Gasteiger partial charge >= 0.3 is 0 Å². The SMILES string of the molecule is CN=C(NCCc1ccc2c(c1)OCO2)NCC(C)(C)N1CCCCC1.I. The van der Waals surface area contributed by atoms with E-state index in [2.05, 4.69) is 46.5 Å². The quantitative estimate of drug-likeness (QED) is 0.367. The summed E-state index contributed by atoms with van der Waals surface area (Å²) in [6, 6.07) is 6.12. The van der Waals surface area contributed by atoms with E-state index in [-0.39, 0.29) is 29.5 Å². The zero-order chi connectivity index (χ0) is 18.4. The maximum absolute atomic E-state index is 5.44. The number of hydrogen-bond acceptors (Lipinski definition) is 4. The number of ether oxygens (including phenoxy) is 2. The second-order valence-electron chi connectivity index (χ2n) is 7.65. The van der Waals surface area contributed by atoms with Crippen molar-refractivity contribution < 1.29 is 9.47 Å². The van der Waals surface area contributed by atoms with Crippen LogP contribution in [0.15, 0.2) is 23.2 Å². The molecule has 0 bridgehead atoms. The van der Waals surface area contributed by atoms with Gasteiger partial charge in [-0.05, 0) is 63.9 Å². The summed E-state index contributed by atoms with van der Waals surface area (Å²) in [6.07, 6.45) is 4.90. The fourth-order valence-electron chi connectivity index (χ4n) is 3.55. The van der Waals surface area contributed by atoms with Gasteiger partial charge in [0, 0.05) is 25.7 Å². The Kier molecular flexibility index (Phi) is 8.47. The minimum absolute atomic E-state index is 0. The molecule has 1 aromatic carbocycles. The molecule has 7 heteroatoms. The van der Waals surface area contributed by atoms with E-state index in [9.17, 15) is 0 Å². The van der Waals surface area contributed by atoms with Crippen LogP contribution in [0.2, 0.25) is 0 Å². The van der Waals surface area contributed by atoms with E-state index >= 15 is 0 Å². The van der Waals surface area contributed by atoms with Crippen molar-refractivity contribution in [2.75, 3.05) is 40.0 Å². The number of aliphatic imine (C=N–C) groups is 1. The fraction of sp³-hybridized carbons (Fsp3) is 0.650. The Labute approximate surface area is 180 Å². The largest absolute Gasteiger partial charge is 0.454 e. The van der Waals surface area contributed by atoms with E-state index in [1.165, 1.54) is 37.9 Å². The molecule has 0 saturated carbocycles. The summed E-state index contributed by atoms with van der Waals surface area (Å²) >= 11 is 0. The maximum Gasteiger partial charge on any atom is 0.231 e. The summed E-state index contributed by atoms with van der Waals surface area (Å²) in [5.41, 5.74) is 1.36. The minimum atomic E-state index is 0. The summed E-state index contributed by atoms with van der Waals surface area (Å²) in [7, 11) is 1.82. The molecule has 27 heavy (non-hydrogen) atoms. The average molecular weight is 488 g/mol. The number of halogens is 1. The Morgan fingerprint density at radius 1 is 1.11 bits per heavy atom. The predicted octanol–water partition coefficient (Wildman–Crippen LogP) is 3.01. The molecule has 3 rings (SSSR count). The lowest BCUT2D eigenvalue weighted by atomic mass is 9.98. The highest BCUT2D eigenvalue weighted by molar-refractivity contribution is 14.0. The summed E-state index contributed by atoms with van der Waals surface area (Å²) in [5.74, 6) is 2.53. The molecule has 2 heterocycles. The molecule has 0 amide bonds. The van der Waals surface area contributed by atoms with Gasteiger partial charge in [-0.3, -0.25) is 9.89 Å². The van der Waals surface area contributed by atoms with Crippen molar-refractivity contribution in [2.45, 2.75) is 45.1 Å². The van der Waals surface area contributed by atoms with Gasteiger partial charge in [-0.2, -0.15) is 0 Å². The van der Waals surface area contributed by atoms with E-state index in [0.717, 1.165) is 37.0 Å². The van der Waals surface area contributed by atoms with Crippen LogP contribution in [0.25, 0.3) is 0 Å². The third-order valence-electron chi connectivity index (χ3n) is 5.27. The molecule has 152 valence electrons. The highest BCUT2D eigenvalue weighted by Gasteiger charge is 2.27. The first-order valence-corrected chi connectivity index (χ1v) is 9.66. The average Bonchev–Trinajstić information content (AvgIpc) is 3.13. The number of benzene rings is 1.